The Morgan fingerprint density at radius 2 is 1.91 bits per heavy atom. The van der Waals surface area contributed by atoms with E-state index in [0.717, 1.165) is 23.0 Å². The summed E-state index contributed by atoms with van der Waals surface area (Å²) in [5, 5.41) is 3.60. The lowest BCUT2D eigenvalue weighted by atomic mass is 9.82. The molecule has 0 bridgehead atoms. The summed E-state index contributed by atoms with van der Waals surface area (Å²) in [7, 11) is 0. The number of carbonyl (C=O) groups is 1. The van der Waals surface area contributed by atoms with Crippen LogP contribution in [0, 0.1) is 5.92 Å². The Bertz CT molecular complexity index is 1220. The molecule has 1 fully saturated rings. The van der Waals surface area contributed by atoms with Crippen molar-refractivity contribution in [2.75, 3.05) is 29.4 Å². The molecule has 2 aromatic carbocycles. The summed E-state index contributed by atoms with van der Waals surface area (Å²) in [5.74, 6) is -0.708. The number of piperazine rings is 1. The van der Waals surface area contributed by atoms with E-state index in [9.17, 15) is 18.0 Å². The molecule has 2 aliphatic rings. The van der Waals surface area contributed by atoms with Crippen LogP contribution in [-0.4, -0.2) is 36.6 Å². The van der Waals surface area contributed by atoms with Gasteiger partial charge in [-0.3, -0.25) is 9.78 Å². The summed E-state index contributed by atoms with van der Waals surface area (Å²) in [6, 6.07) is 14.9. The SMILES string of the molecule is O=C(NCc1cccnc1)C1Cc2cc(C(F)(F)F)ccc2N2CCN(c3ccccc3Cl)CC12. The van der Waals surface area contributed by atoms with E-state index in [-0.39, 0.29) is 18.4 Å². The number of fused-ring (bicyclic) bond motifs is 3. The van der Waals surface area contributed by atoms with Crippen molar-refractivity contribution in [1.29, 1.82) is 0 Å². The summed E-state index contributed by atoms with van der Waals surface area (Å²) in [4.78, 5) is 21.7. The van der Waals surface area contributed by atoms with Gasteiger partial charge in [-0.05, 0) is 53.9 Å². The van der Waals surface area contributed by atoms with Gasteiger partial charge in [-0.15, -0.1) is 0 Å². The van der Waals surface area contributed by atoms with Crippen LogP contribution in [-0.2, 0) is 23.9 Å². The van der Waals surface area contributed by atoms with Crippen LogP contribution in [0.4, 0.5) is 24.5 Å². The minimum absolute atomic E-state index is 0.187. The summed E-state index contributed by atoms with van der Waals surface area (Å²) in [6.07, 6.45) is -0.870. The number of hydrogen-bond donors (Lipinski definition) is 1. The van der Waals surface area contributed by atoms with Gasteiger partial charge in [0.15, 0.2) is 0 Å². The van der Waals surface area contributed by atoms with E-state index >= 15 is 0 Å². The zero-order valence-corrected chi connectivity index (χ0v) is 19.6. The van der Waals surface area contributed by atoms with Crippen molar-refractivity contribution >= 4 is 28.9 Å². The van der Waals surface area contributed by atoms with Gasteiger partial charge in [-0.1, -0.05) is 29.8 Å². The molecule has 5 rings (SSSR count). The number of rotatable bonds is 4. The van der Waals surface area contributed by atoms with E-state index in [4.69, 9.17) is 11.6 Å². The second-order valence-electron chi connectivity index (χ2n) is 8.89. The highest BCUT2D eigenvalue weighted by atomic mass is 35.5. The van der Waals surface area contributed by atoms with Crippen molar-refractivity contribution in [3.05, 3.63) is 88.7 Å². The summed E-state index contributed by atoms with van der Waals surface area (Å²) >= 11 is 6.44. The monoisotopic (exact) mass is 500 g/mol. The molecule has 182 valence electrons. The number of nitrogens with zero attached hydrogens (tertiary/aromatic N) is 3. The largest absolute Gasteiger partial charge is 0.416 e. The van der Waals surface area contributed by atoms with Crippen LogP contribution in [0.5, 0.6) is 0 Å². The highest BCUT2D eigenvalue weighted by Crippen LogP contribution is 2.40. The Labute approximate surface area is 206 Å². The number of hydrogen-bond acceptors (Lipinski definition) is 4. The Morgan fingerprint density at radius 3 is 2.66 bits per heavy atom. The molecule has 0 saturated carbocycles. The molecule has 5 nitrogen and oxygen atoms in total. The van der Waals surface area contributed by atoms with Crippen LogP contribution < -0.4 is 15.1 Å². The molecule has 2 atom stereocenters. The van der Waals surface area contributed by atoms with E-state index in [0.29, 0.717) is 36.8 Å². The van der Waals surface area contributed by atoms with E-state index < -0.39 is 17.7 Å². The molecule has 2 aliphatic heterocycles. The number of amides is 1. The second-order valence-corrected chi connectivity index (χ2v) is 9.30. The number of nitrogens with one attached hydrogen (secondary N) is 1. The van der Waals surface area contributed by atoms with Crippen LogP contribution in [0.2, 0.25) is 5.02 Å². The highest BCUT2D eigenvalue weighted by Gasteiger charge is 2.43. The summed E-state index contributed by atoms with van der Waals surface area (Å²) in [6.45, 7) is 2.06. The zero-order chi connectivity index (χ0) is 24.6. The smallest absolute Gasteiger partial charge is 0.366 e. The molecule has 0 spiro atoms. The van der Waals surface area contributed by atoms with Crippen molar-refractivity contribution in [3.63, 3.8) is 0 Å². The maximum Gasteiger partial charge on any atom is 0.416 e. The van der Waals surface area contributed by atoms with Gasteiger partial charge in [0, 0.05) is 44.3 Å². The number of halogens is 4. The number of alkyl halides is 3. The maximum atomic E-state index is 13.4. The van der Waals surface area contributed by atoms with Gasteiger partial charge >= 0.3 is 6.18 Å². The van der Waals surface area contributed by atoms with Gasteiger partial charge in [0.2, 0.25) is 5.91 Å². The third-order valence-electron chi connectivity index (χ3n) is 6.76. The lowest BCUT2D eigenvalue weighted by molar-refractivity contribution is -0.137. The van der Waals surface area contributed by atoms with E-state index in [1.54, 1.807) is 24.5 Å². The fraction of sp³-hybridized carbons (Fsp3) is 0.308. The quantitative estimate of drug-likeness (QED) is 0.551. The molecule has 3 heterocycles. The zero-order valence-electron chi connectivity index (χ0n) is 18.8. The van der Waals surface area contributed by atoms with E-state index in [1.807, 2.05) is 30.3 Å². The van der Waals surface area contributed by atoms with E-state index in [2.05, 4.69) is 20.1 Å². The number of para-hydroxylation sites is 1. The summed E-state index contributed by atoms with van der Waals surface area (Å²) < 4.78 is 40.2. The third-order valence-corrected chi connectivity index (χ3v) is 7.08. The molecule has 1 aromatic heterocycles. The van der Waals surface area contributed by atoms with Gasteiger partial charge in [0.25, 0.3) is 0 Å². The Hall–Kier alpha value is -3.26. The molecular weight excluding hydrogens is 477 g/mol. The first-order valence-electron chi connectivity index (χ1n) is 11.4. The van der Waals surface area contributed by atoms with Crippen molar-refractivity contribution in [3.8, 4) is 0 Å². The average Bonchev–Trinajstić information content (AvgIpc) is 2.86. The lowest BCUT2D eigenvalue weighted by Crippen LogP contribution is -2.61. The molecule has 1 amide bonds. The highest BCUT2D eigenvalue weighted by molar-refractivity contribution is 6.33. The van der Waals surface area contributed by atoms with Crippen LogP contribution in [0.1, 0.15) is 16.7 Å². The Balaban J connectivity index is 1.45. The van der Waals surface area contributed by atoms with Gasteiger partial charge < -0.3 is 15.1 Å². The molecule has 0 aliphatic carbocycles. The summed E-state index contributed by atoms with van der Waals surface area (Å²) in [5.41, 5.74) is 2.36. The van der Waals surface area contributed by atoms with Crippen molar-refractivity contribution in [2.24, 2.45) is 5.92 Å². The molecule has 1 N–H and O–H groups in total. The van der Waals surface area contributed by atoms with E-state index in [1.165, 1.54) is 6.07 Å². The minimum atomic E-state index is -4.44. The van der Waals surface area contributed by atoms with Gasteiger partial charge in [-0.2, -0.15) is 13.2 Å². The topological polar surface area (TPSA) is 48.5 Å². The van der Waals surface area contributed by atoms with Gasteiger partial charge in [-0.25, -0.2) is 0 Å². The number of aromatic nitrogens is 1. The van der Waals surface area contributed by atoms with Crippen LogP contribution in [0.25, 0.3) is 0 Å². The van der Waals surface area contributed by atoms with Crippen LogP contribution in [0.15, 0.2) is 67.0 Å². The average molecular weight is 501 g/mol. The molecular formula is C26H24ClF3N4O. The van der Waals surface area contributed by atoms with Crippen molar-refractivity contribution in [1.82, 2.24) is 10.3 Å². The number of anilines is 2. The molecule has 3 aromatic rings. The Morgan fingerprint density at radius 1 is 1.09 bits per heavy atom. The molecule has 35 heavy (non-hydrogen) atoms. The fourth-order valence-electron chi connectivity index (χ4n) is 5.05. The standard InChI is InChI=1S/C26H24ClF3N4O/c27-21-5-1-2-6-23(21)33-10-11-34-22-8-7-19(26(28,29)30)12-18(22)13-20(24(34)16-33)25(35)32-15-17-4-3-9-31-14-17/h1-9,12,14,20,24H,10-11,13,15-16H2,(H,32,35). The van der Waals surface area contributed by atoms with Crippen LogP contribution >= 0.6 is 11.6 Å². The predicted octanol–water partition coefficient (Wildman–Crippen LogP) is 4.94. The normalized spacial score (nSPS) is 19.7. The number of benzene rings is 2. The third kappa shape index (κ3) is 4.80. The number of pyridine rings is 1. The van der Waals surface area contributed by atoms with Crippen molar-refractivity contribution < 1.29 is 18.0 Å². The Kier molecular flexibility index (Phi) is 6.32. The van der Waals surface area contributed by atoms with Gasteiger partial charge in [0.05, 0.1) is 28.2 Å². The van der Waals surface area contributed by atoms with Crippen molar-refractivity contribution in [2.45, 2.75) is 25.2 Å². The first kappa shape index (κ1) is 23.5. The first-order chi connectivity index (χ1) is 16.8. The van der Waals surface area contributed by atoms with Crippen LogP contribution in [0.3, 0.4) is 0 Å². The number of carbonyl (C=O) groups excluding carboxylic acids is 1. The van der Waals surface area contributed by atoms with Gasteiger partial charge in [0.1, 0.15) is 0 Å². The maximum absolute atomic E-state index is 13.4. The predicted molar refractivity (Wildman–Crippen MR) is 130 cm³/mol. The second kappa shape index (κ2) is 9.41. The molecule has 0 radical (unpaired) electrons. The molecule has 1 saturated heterocycles. The lowest BCUT2D eigenvalue weighted by Gasteiger charge is -2.49. The first-order valence-corrected chi connectivity index (χ1v) is 11.8. The molecule has 2 unspecified atom stereocenters. The molecule has 9 heteroatoms. The minimum Gasteiger partial charge on any atom is -0.366 e. The fourth-order valence-corrected chi connectivity index (χ4v) is 5.30.